The van der Waals surface area contributed by atoms with E-state index in [2.05, 4.69) is 0 Å². The van der Waals surface area contributed by atoms with E-state index in [0.29, 0.717) is 6.54 Å². The second-order valence-electron chi connectivity index (χ2n) is 4.27. The first-order chi connectivity index (χ1) is 8.15. The topological polar surface area (TPSA) is 49.8 Å². The summed E-state index contributed by atoms with van der Waals surface area (Å²) in [6.07, 6.45) is 0.754. The van der Waals surface area contributed by atoms with Gasteiger partial charge >= 0.3 is 6.09 Å². The number of nitrogens with zero attached hydrogens (tertiary/aromatic N) is 1. The Labute approximate surface area is 101 Å². The Bertz CT molecular complexity index is 431. The first kappa shape index (κ1) is 11.8. The van der Waals surface area contributed by atoms with E-state index in [1.807, 2.05) is 25.1 Å². The van der Waals surface area contributed by atoms with Crippen LogP contribution in [0.5, 0.6) is 5.75 Å². The lowest BCUT2D eigenvalue weighted by molar-refractivity contribution is 0.129. The molecule has 4 nitrogen and oxygen atoms in total. The molecule has 0 aromatic heterocycles. The number of rotatable bonds is 3. The van der Waals surface area contributed by atoms with Crippen LogP contribution < -0.4 is 4.74 Å². The number of ether oxygens (including phenoxy) is 1. The number of hydrogen-bond donors (Lipinski definition) is 1. The number of carbonyl (C=O) groups is 1. The molecule has 1 aliphatic carbocycles. The van der Waals surface area contributed by atoms with Crippen LogP contribution >= 0.6 is 0 Å². The lowest BCUT2D eigenvalue weighted by Crippen LogP contribution is -2.39. The molecule has 1 atom stereocenters. The summed E-state index contributed by atoms with van der Waals surface area (Å²) in [5.74, 6) is 0.836. The highest BCUT2D eigenvalue weighted by Crippen LogP contribution is 2.28. The molecule has 0 saturated carbocycles. The molecule has 17 heavy (non-hydrogen) atoms. The van der Waals surface area contributed by atoms with Gasteiger partial charge in [0.2, 0.25) is 0 Å². The fourth-order valence-corrected chi connectivity index (χ4v) is 2.47. The summed E-state index contributed by atoms with van der Waals surface area (Å²) in [6, 6.07) is 6.03. The van der Waals surface area contributed by atoms with Crippen molar-refractivity contribution in [1.82, 2.24) is 4.90 Å². The van der Waals surface area contributed by atoms with E-state index in [0.717, 1.165) is 18.6 Å². The van der Waals surface area contributed by atoms with E-state index in [1.54, 1.807) is 7.11 Å². The standard InChI is InChI=1S/C13H17NO3/c1-3-14(13(15)16)11-6-9-4-5-12(17-2)8-10(9)7-11/h4-5,8,11H,3,6-7H2,1-2H3,(H,15,16). The van der Waals surface area contributed by atoms with Gasteiger partial charge in [0.05, 0.1) is 7.11 Å². The van der Waals surface area contributed by atoms with Crippen molar-refractivity contribution in [2.75, 3.05) is 13.7 Å². The molecule has 1 aliphatic rings. The zero-order valence-electron chi connectivity index (χ0n) is 10.1. The summed E-state index contributed by atoms with van der Waals surface area (Å²) in [7, 11) is 1.64. The molecule has 1 amide bonds. The molecule has 1 aromatic rings. The Morgan fingerprint density at radius 2 is 2.18 bits per heavy atom. The third-order valence-electron chi connectivity index (χ3n) is 3.35. The predicted octanol–water partition coefficient (Wildman–Crippen LogP) is 2.16. The highest BCUT2D eigenvalue weighted by Gasteiger charge is 2.28. The molecule has 0 spiro atoms. The molecule has 92 valence electrons. The lowest BCUT2D eigenvalue weighted by atomic mass is 10.1. The van der Waals surface area contributed by atoms with Crippen molar-refractivity contribution in [1.29, 1.82) is 0 Å². The quantitative estimate of drug-likeness (QED) is 0.873. The third-order valence-corrected chi connectivity index (χ3v) is 3.35. The van der Waals surface area contributed by atoms with Crippen LogP contribution in [0.1, 0.15) is 18.1 Å². The Hall–Kier alpha value is -1.71. The minimum atomic E-state index is -0.836. The summed E-state index contributed by atoms with van der Waals surface area (Å²) in [4.78, 5) is 12.6. The smallest absolute Gasteiger partial charge is 0.407 e. The summed E-state index contributed by atoms with van der Waals surface area (Å²) in [5, 5.41) is 9.11. The van der Waals surface area contributed by atoms with E-state index in [1.165, 1.54) is 16.0 Å². The van der Waals surface area contributed by atoms with Crippen molar-refractivity contribution >= 4 is 6.09 Å². The van der Waals surface area contributed by atoms with Crippen LogP contribution in [0, 0.1) is 0 Å². The Balaban J connectivity index is 2.18. The maximum absolute atomic E-state index is 11.1. The monoisotopic (exact) mass is 235 g/mol. The first-order valence-electron chi connectivity index (χ1n) is 5.81. The minimum absolute atomic E-state index is 0.0691. The van der Waals surface area contributed by atoms with Gasteiger partial charge in [0.15, 0.2) is 0 Å². The zero-order valence-corrected chi connectivity index (χ0v) is 10.1. The van der Waals surface area contributed by atoms with Gasteiger partial charge in [0.25, 0.3) is 0 Å². The number of carboxylic acid groups (broad SMARTS) is 1. The van der Waals surface area contributed by atoms with E-state index in [9.17, 15) is 4.79 Å². The second-order valence-corrected chi connectivity index (χ2v) is 4.27. The Kier molecular flexibility index (Phi) is 3.22. The SMILES string of the molecule is CCN(C(=O)O)C1Cc2ccc(OC)cc2C1. The summed E-state index contributed by atoms with van der Waals surface area (Å²) >= 11 is 0. The summed E-state index contributed by atoms with van der Waals surface area (Å²) < 4.78 is 5.18. The van der Waals surface area contributed by atoms with E-state index in [-0.39, 0.29) is 6.04 Å². The van der Waals surface area contributed by atoms with Gasteiger partial charge in [-0.05, 0) is 43.0 Å². The van der Waals surface area contributed by atoms with E-state index >= 15 is 0 Å². The van der Waals surface area contributed by atoms with Crippen molar-refractivity contribution in [3.8, 4) is 5.75 Å². The number of hydrogen-bond acceptors (Lipinski definition) is 2. The van der Waals surface area contributed by atoms with Crippen molar-refractivity contribution in [2.45, 2.75) is 25.8 Å². The molecule has 0 bridgehead atoms. The van der Waals surface area contributed by atoms with Crippen molar-refractivity contribution < 1.29 is 14.6 Å². The maximum atomic E-state index is 11.1. The van der Waals surface area contributed by atoms with Crippen molar-refractivity contribution in [2.24, 2.45) is 0 Å². The fraction of sp³-hybridized carbons (Fsp3) is 0.462. The average molecular weight is 235 g/mol. The van der Waals surface area contributed by atoms with Gasteiger partial charge in [-0.3, -0.25) is 0 Å². The molecule has 0 fully saturated rings. The largest absolute Gasteiger partial charge is 0.497 e. The number of fused-ring (bicyclic) bond motifs is 1. The molecule has 1 unspecified atom stereocenters. The normalized spacial score (nSPS) is 17.6. The predicted molar refractivity (Wildman–Crippen MR) is 64.6 cm³/mol. The van der Waals surface area contributed by atoms with Crippen LogP contribution in [0.2, 0.25) is 0 Å². The van der Waals surface area contributed by atoms with Gasteiger partial charge in [-0.15, -0.1) is 0 Å². The summed E-state index contributed by atoms with van der Waals surface area (Å²) in [6.45, 7) is 2.41. The van der Waals surface area contributed by atoms with Gasteiger partial charge in [0, 0.05) is 12.6 Å². The average Bonchev–Trinajstić information content (AvgIpc) is 2.71. The molecule has 1 N–H and O–H groups in total. The van der Waals surface area contributed by atoms with Crippen LogP contribution in [-0.4, -0.2) is 35.8 Å². The number of likely N-dealkylation sites (N-methyl/N-ethyl adjacent to an activating group) is 1. The van der Waals surface area contributed by atoms with Crippen LogP contribution in [-0.2, 0) is 12.8 Å². The van der Waals surface area contributed by atoms with Crippen molar-refractivity contribution in [3.63, 3.8) is 0 Å². The minimum Gasteiger partial charge on any atom is -0.497 e. The third kappa shape index (κ3) is 2.20. The van der Waals surface area contributed by atoms with E-state index in [4.69, 9.17) is 9.84 Å². The molecule has 0 aliphatic heterocycles. The molecule has 2 rings (SSSR count). The van der Waals surface area contributed by atoms with Crippen molar-refractivity contribution in [3.05, 3.63) is 29.3 Å². The molecule has 4 heteroatoms. The van der Waals surface area contributed by atoms with E-state index < -0.39 is 6.09 Å². The Morgan fingerprint density at radius 3 is 2.76 bits per heavy atom. The maximum Gasteiger partial charge on any atom is 0.407 e. The first-order valence-corrected chi connectivity index (χ1v) is 5.81. The number of amides is 1. The molecular formula is C13H17NO3. The molecular weight excluding hydrogens is 218 g/mol. The zero-order chi connectivity index (χ0) is 12.4. The highest BCUT2D eigenvalue weighted by molar-refractivity contribution is 5.65. The number of benzene rings is 1. The van der Waals surface area contributed by atoms with Gasteiger partial charge in [-0.2, -0.15) is 0 Å². The van der Waals surface area contributed by atoms with Gasteiger partial charge in [-0.1, -0.05) is 6.07 Å². The van der Waals surface area contributed by atoms with Gasteiger partial charge in [-0.25, -0.2) is 4.79 Å². The fourth-order valence-electron chi connectivity index (χ4n) is 2.47. The van der Waals surface area contributed by atoms with Crippen LogP contribution in [0.3, 0.4) is 0 Å². The van der Waals surface area contributed by atoms with Crippen LogP contribution in [0.25, 0.3) is 0 Å². The molecule has 0 heterocycles. The molecule has 0 saturated heterocycles. The summed E-state index contributed by atoms with van der Waals surface area (Å²) in [5.41, 5.74) is 2.43. The van der Waals surface area contributed by atoms with Crippen LogP contribution in [0.4, 0.5) is 4.79 Å². The molecule has 0 radical (unpaired) electrons. The number of methoxy groups -OCH3 is 1. The van der Waals surface area contributed by atoms with Gasteiger partial charge in [0.1, 0.15) is 5.75 Å². The highest BCUT2D eigenvalue weighted by atomic mass is 16.5. The van der Waals surface area contributed by atoms with Gasteiger partial charge < -0.3 is 14.7 Å². The molecule has 1 aromatic carbocycles. The van der Waals surface area contributed by atoms with Crippen LogP contribution in [0.15, 0.2) is 18.2 Å². The Morgan fingerprint density at radius 1 is 1.47 bits per heavy atom. The lowest BCUT2D eigenvalue weighted by Gasteiger charge is -2.24. The second kappa shape index (κ2) is 4.65.